The second-order valence-corrected chi connectivity index (χ2v) is 3.70. The maximum atomic E-state index is 9.01. The predicted molar refractivity (Wildman–Crippen MR) is 56.1 cm³/mol. The Morgan fingerprint density at radius 2 is 2.43 bits per heavy atom. The molecule has 76 valence electrons. The zero-order valence-electron chi connectivity index (χ0n) is 8.06. The predicted octanol–water partition coefficient (Wildman–Crippen LogP) is 0.482. The van der Waals surface area contributed by atoms with Gasteiger partial charge in [0, 0.05) is 25.6 Å². The molecule has 1 aromatic rings. The van der Waals surface area contributed by atoms with Crippen LogP contribution in [0.2, 0.25) is 0 Å². The highest BCUT2D eigenvalue weighted by molar-refractivity contribution is 5.45. The van der Waals surface area contributed by atoms with Crippen molar-refractivity contribution < 1.29 is 5.11 Å². The van der Waals surface area contributed by atoms with Gasteiger partial charge in [-0.15, -0.1) is 0 Å². The SMILES string of the molecule is Nc1cccc(N2CCC(CO)C2)n1. The summed E-state index contributed by atoms with van der Waals surface area (Å²) >= 11 is 0. The van der Waals surface area contributed by atoms with Crippen molar-refractivity contribution in [3.63, 3.8) is 0 Å². The lowest BCUT2D eigenvalue weighted by Gasteiger charge is -2.17. The number of aliphatic hydroxyl groups is 1. The molecule has 2 heterocycles. The van der Waals surface area contributed by atoms with Gasteiger partial charge in [-0.1, -0.05) is 6.07 Å². The summed E-state index contributed by atoms with van der Waals surface area (Å²) in [5.74, 6) is 1.86. The summed E-state index contributed by atoms with van der Waals surface area (Å²) in [5, 5.41) is 9.01. The Morgan fingerprint density at radius 3 is 3.07 bits per heavy atom. The molecule has 0 amide bonds. The molecule has 1 aromatic heterocycles. The first-order chi connectivity index (χ1) is 6.79. The Labute approximate surface area is 83.4 Å². The van der Waals surface area contributed by atoms with Gasteiger partial charge < -0.3 is 15.7 Å². The van der Waals surface area contributed by atoms with E-state index in [1.165, 1.54) is 0 Å². The molecule has 1 aliphatic heterocycles. The number of anilines is 2. The Bertz CT molecular complexity index is 316. The van der Waals surface area contributed by atoms with Crippen molar-refractivity contribution in [2.45, 2.75) is 6.42 Å². The van der Waals surface area contributed by atoms with Crippen LogP contribution in [0.5, 0.6) is 0 Å². The molecule has 0 spiro atoms. The molecule has 4 nitrogen and oxygen atoms in total. The zero-order chi connectivity index (χ0) is 9.97. The minimum absolute atomic E-state index is 0.263. The lowest BCUT2D eigenvalue weighted by molar-refractivity contribution is 0.238. The largest absolute Gasteiger partial charge is 0.396 e. The molecule has 1 unspecified atom stereocenters. The third kappa shape index (κ3) is 1.80. The number of hydrogen-bond acceptors (Lipinski definition) is 4. The molecule has 1 aliphatic rings. The van der Waals surface area contributed by atoms with Gasteiger partial charge in [-0.2, -0.15) is 0 Å². The summed E-state index contributed by atoms with van der Waals surface area (Å²) in [6, 6.07) is 5.64. The highest BCUT2D eigenvalue weighted by Crippen LogP contribution is 2.22. The molecule has 14 heavy (non-hydrogen) atoms. The van der Waals surface area contributed by atoms with Crippen LogP contribution in [0, 0.1) is 5.92 Å². The monoisotopic (exact) mass is 193 g/mol. The zero-order valence-corrected chi connectivity index (χ0v) is 8.06. The van der Waals surface area contributed by atoms with Gasteiger partial charge in [-0.25, -0.2) is 4.98 Å². The van der Waals surface area contributed by atoms with E-state index in [1.54, 1.807) is 6.07 Å². The van der Waals surface area contributed by atoms with E-state index in [1.807, 2.05) is 12.1 Å². The van der Waals surface area contributed by atoms with Gasteiger partial charge in [0.2, 0.25) is 0 Å². The number of nitrogen functional groups attached to an aromatic ring is 1. The Balaban J connectivity index is 2.09. The minimum atomic E-state index is 0.263. The van der Waals surface area contributed by atoms with Crippen LogP contribution in [-0.4, -0.2) is 29.8 Å². The van der Waals surface area contributed by atoms with Gasteiger partial charge in [-0.05, 0) is 18.6 Å². The number of rotatable bonds is 2. The molecule has 0 aliphatic carbocycles. The first kappa shape index (κ1) is 9.27. The van der Waals surface area contributed by atoms with Crippen LogP contribution >= 0.6 is 0 Å². The quantitative estimate of drug-likeness (QED) is 0.717. The van der Waals surface area contributed by atoms with Crippen molar-refractivity contribution in [1.82, 2.24) is 4.98 Å². The van der Waals surface area contributed by atoms with E-state index < -0.39 is 0 Å². The van der Waals surface area contributed by atoms with Gasteiger partial charge in [-0.3, -0.25) is 0 Å². The van der Waals surface area contributed by atoms with Gasteiger partial charge in [0.05, 0.1) is 0 Å². The topological polar surface area (TPSA) is 62.4 Å². The van der Waals surface area contributed by atoms with Gasteiger partial charge >= 0.3 is 0 Å². The van der Waals surface area contributed by atoms with Crippen LogP contribution < -0.4 is 10.6 Å². The molecule has 4 heteroatoms. The molecule has 1 fully saturated rings. The third-order valence-electron chi connectivity index (χ3n) is 2.62. The van der Waals surface area contributed by atoms with Crippen LogP contribution in [0.1, 0.15) is 6.42 Å². The fourth-order valence-corrected chi connectivity index (χ4v) is 1.81. The standard InChI is InChI=1S/C10H15N3O/c11-9-2-1-3-10(12-9)13-5-4-8(6-13)7-14/h1-3,8,14H,4-7H2,(H2,11,12). The second kappa shape index (κ2) is 3.84. The average molecular weight is 193 g/mol. The number of aliphatic hydroxyl groups excluding tert-OH is 1. The average Bonchev–Trinajstić information content (AvgIpc) is 2.66. The van der Waals surface area contributed by atoms with E-state index in [4.69, 9.17) is 10.8 Å². The van der Waals surface area contributed by atoms with Crippen molar-refractivity contribution in [1.29, 1.82) is 0 Å². The number of aromatic nitrogens is 1. The van der Waals surface area contributed by atoms with Crippen LogP contribution in [0.3, 0.4) is 0 Å². The number of hydrogen-bond donors (Lipinski definition) is 2. The summed E-state index contributed by atoms with van der Waals surface area (Å²) in [7, 11) is 0. The smallest absolute Gasteiger partial charge is 0.130 e. The summed E-state index contributed by atoms with van der Waals surface area (Å²) in [5.41, 5.74) is 5.61. The lowest BCUT2D eigenvalue weighted by atomic mass is 10.1. The molecule has 0 radical (unpaired) electrons. The maximum absolute atomic E-state index is 9.01. The Hall–Kier alpha value is -1.29. The van der Waals surface area contributed by atoms with Crippen LogP contribution in [0.25, 0.3) is 0 Å². The highest BCUT2D eigenvalue weighted by Gasteiger charge is 2.22. The fourth-order valence-electron chi connectivity index (χ4n) is 1.81. The Kier molecular flexibility index (Phi) is 2.54. The van der Waals surface area contributed by atoms with E-state index in [9.17, 15) is 0 Å². The Morgan fingerprint density at radius 1 is 1.57 bits per heavy atom. The van der Waals surface area contributed by atoms with E-state index in [-0.39, 0.29) is 6.61 Å². The molecule has 3 N–H and O–H groups in total. The first-order valence-electron chi connectivity index (χ1n) is 4.88. The summed E-state index contributed by atoms with van der Waals surface area (Å²) in [6.07, 6.45) is 1.03. The van der Waals surface area contributed by atoms with E-state index in [0.29, 0.717) is 11.7 Å². The molecule has 1 saturated heterocycles. The number of nitrogens with two attached hydrogens (primary N) is 1. The van der Waals surface area contributed by atoms with Crippen LogP contribution in [-0.2, 0) is 0 Å². The maximum Gasteiger partial charge on any atom is 0.130 e. The molecule has 1 atom stereocenters. The second-order valence-electron chi connectivity index (χ2n) is 3.70. The minimum Gasteiger partial charge on any atom is -0.396 e. The third-order valence-corrected chi connectivity index (χ3v) is 2.62. The molecule has 0 bridgehead atoms. The normalized spacial score (nSPS) is 21.5. The van der Waals surface area contributed by atoms with Gasteiger partial charge in [0.25, 0.3) is 0 Å². The lowest BCUT2D eigenvalue weighted by Crippen LogP contribution is -2.21. The molecule has 0 saturated carbocycles. The van der Waals surface area contributed by atoms with Crippen molar-refractivity contribution in [3.05, 3.63) is 18.2 Å². The van der Waals surface area contributed by atoms with Crippen molar-refractivity contribution in [2.24, 2.45) is 5.92 Å². The van der Waals surface area contributed by atoms with Gasteiger partial charge in [0.15, 0.2) is 0 Å². The van der Waals surface area contributed by atoms with Crippen LogP contribution in [0.4, 0.5) is 11.6 Å². The van der Waals surface area contributed by atoms with E-state index in [2.05, 4.69) is 9.88 Å². The molecular formula is C10H15N3O. The van der Waals surface area contributed by atoms with E-state index in [0.717, 1.165) is 25.3 Å². The summed E-state index contributed by atoms with van der Waals surface area (Å²) in [4.78, 5) is 6.41. The molecular weight excluding hydrogens is 178 g/mol. The van der Waals surface area contributed by atoms with Crippen molar-refractivity contribution in [2.75, 3.05) is 30.3 Å². The van der Waals surface area contributed by atoms with Crippen LogP contribution in [0.15, 0.2) is 18.2 Å². The van der Waals surface area contributed by atoms with Crippen molar-refractivity contribution in [3.8, 4) is 0 Å². The van der Waals surface area contributed by atoms with Gasteiger partial charge in [0.1, 0.15) is 11.6 Å². The molecule has 2 rings (SSSR count). The fraction of sp³-hybridized carbons (Fsp3) is 0.500. The van der Waals surface area contributed by atoms with E-state index >= 15 is 0 Å². The number of pyridine rings is 1. The summed E-state index contributed by atoms with van der Waals surface area (Å²) in [6.45, 7) is 2.10. The first-order valence-corrected chi connectivity index (χ1v) is 4.88. The summed E-state index contributed by atoms with van der Waals surface area (Å²) < 4.78 is 0. The van der Waals surface area contributed by atoms with Crippen molar-refractivity contribution >= 4 is 11.6 Å². The number of nitrogens with zero attached hydrogens (tertiary/aromatic N) is 2. The molecule has 0 aromatic carbocycles. The highest BCUT2D eigenvalue weighted by atomic mass is 16.3.